The molecule has 5 nitrogen and oxygen atoms in total. The highest BCUT2D eigenvalue weighted by molar-refractivity contribution is 5.67. The van der Waals surface area contributed by atoms with Crippen molar-refractivity contribution in [2.24, 2.45) is 0 Å². The Hall–Kier alpha value is -2.37. The van der Waals surface area contributed by atoms with Crippen LogP contribution >= 0.6 is 0 Å². The van der Waals surface area contributed by atoms with Crippen molar-refractivity contribution < 1.29 is 9.53 Å². The second-order valence-corrected chi connectivity index (χ2v) is 7.17. The summed E-state index contributed by atoms with van der Waals surface area (Å²) >= 11 is 0. The lowest BCUT2D eigenvalue weighted by Gasteiger charge is -2.36. The molecular weight excluding hydrogens is 338 g/mol. The minimum Gasteiger partial charge on any atom is -0.445 e. The van der Waals surface area contributed by atoms with Gasteiger partial charge in [0.05, 0.1) is 0 Å². The van der Waals surface area contributed by atoms with Crippen LogP contribution in [0.15, 0.2) is 60.7 Å². The Balaban J connectivity index is 1.33. The molecule has 0 bridgehead atoms. The van der Waals surface area contributed by atoms with Gasteiger partial charge in [-0.15, -0.1) is 0 Å². The minimum atomic E-state index is -0.353. The summed E-state index contributed by atoms with van der Waals surface area (Å²) in [7, 11) is 0. The van der Waals surface area contributed by atoms with E-state index in [1.54, 1.807) is 0 Å². The summed E-state index contributed by atoms with van der Waals surface area (Å²) in [4.78, 5) is 16.9. The monoisotopic (exact) mass is 367 g/mol. The number of carbonyl (C=O) groups excluding carboxylic acids is 1. The fraction of sp³-hybridized carbons (Fsp3) is 0.409. The number of piperazine rings is 1. The van der Waals surface area contributed by atoms with E-state index >= 15 is 0 Å². The van der Waals surface area contributed by atoms with Crippen LogP contribution in [0.4, 0.5) is 4.79 Å². The van der Waals surface area contributed by atoms with Crippen molar-refractivity contribution in [2.45, 2.75) is 26.1 Å². The Bertz CT molecular complexity index is 685. The van der Waals surface area contributed by atoms with Crippen LogP contribution in [0.5, 0.6) is 0 Å². The number of nitrogens with one attached hydrogen (secondary N) is 1. The number of ether oxygens (including phenoxy) is 1. The van der Waals surface area contributed by atoms with Gasteiger partial charge in [0.1, 0.15) is 6.61 Å². The molecule has 2 aromatic carbocycles. The molecule has 0 aliphatic carbocycles. The number of rotatable bonds is 7. The van der Waals surface area contributed by atoms with Crippen LogP contribution in [0.1, 0.15) is 18.1 Å². The average Bonchev–Trinajstić information content (AvgIpc) is 2.69. The van der Waals surface area contributed by atoms with Gasteiger partial charge in [-0.3, -0.25) is 9.80 Å². The molecule has 27 heavy (non-hydrogen) atoms. The Morgan fingerprint density at radius 1 is 0.926 bits per heavy atom. The van der Waals surface area contributed by atoms with Gasteiger partial charge in [0.2, 0.25) is 0 Å². The second-order valence-electron chi connectivity index (χ2n) is 7.17. The summed E-state index contributed by atoms with van der Waals surface area (Å²) in [5.74, 6) is 0. The first-order valence-corrected chi connectivity index (χ1v) is 9.65. The Morgan fingerprint density at radius 2 is 1.48 bits per heavy atom. The van der Waals surface area contributed by atoms with E-state index in [1.807, 2.05) is 37.3 Å². The van der Waals surface area contributed by atoms with E-state index in [9.17, 15) is 4.79 Å². The second kappa shape index (κ2) is 10.1. The maximum Gasteiger partial charge on any atom is 0.407 e. The van der Waals surface area contributed by atoms with E-state index in [1.165, 1.54) is 5.56 Å². The molecule has 1 heterocycles. The fourth-order valence-corrected chi connectivity index (χ4v) is 3.37. The average molecular weight is 367 g/mol. The van der Waals surface area contributed by atoms with Crippen LogP contribution in [-0.4, -0.2) is 54.7 Å². The first-order valence-electron chi connectivity index (χ1n) is 9.65. The zero-order valence-electron chi connectivity index (χ0n) is 16.0. The van der Waals surface area contributed by atoms with Crippen molar-refractivity contribution >= 4 is 6.09 Å². The standard InChI is InChI=1S/C22H29N3O2/c1-19(23-22(26)27-18-21-10-6-3-7-11-21)16-24-12-14-25(15-13-24)17-20-8-4-2-5-9-20/h2-11,19H,12-18H2,1H3,(H,23,26)/t19-/m0/s1. The quantitative estimate of drug-likeness (QED) is 0.817. The predicted molar refractivity (Wildman–Crippen MR) is 107 cm³/mol. The summed E-state index contributed by atoms with van der Waals surface area (Å²) in [6, 6.07) is 20.4. The van der Waals surface area contributed by atoms with E-state index in [4.69, 9.17) is 4.74 Å². The van der Waals surface area contributed by atoms with E-state index < -0.39 is 0 Å². The maximum absolute atomic E-state index is 12.0. The molecule has 0 spiro atoms. The SMILES string of the molecule is C[C@@H](CN1CCN(Cc2ccccc2)CC1)NC(=O)OCc1ccccc1. The summed E-state index contributed by atoms with van der Waals surface area (Å²) in [5, 5.41) is 2.93. The largest absolute Gasteiger partial charge is 0.445 e. The van der Waals surface area contributed by atoms with Gasteiger partial charge in [0.15, 0.2) is 0 Å². The van der Waals surface area contributed by atoms with Gasteiger partial charge < -0.3 is 10.1 Å². The topological polar surface area (TPSA) is 44.8 Å². The molecule has 144 valence electrons. The van der Waals surface area contributed by atoms with Gasteiger partial charge in [-0.05, 0) is 18.1 Å². The lowest BCUT2D eigenvalue weighted by Crippen LogP contribution is -2.50. The van der Waals surface area contributed by atoms with Crippen LogP contribution in [-0.2, 0) is 17.9 Å². The number of benzene rings is 2. The number of carbonyl (C=O) groups is 1. The normalized spacial score (nSPS) is 16.6. The Kier molecular flexibility index (Phi) is 7.25. The smallest absolute Gasteiger partial charge is 0.407 e. The number of nitrogens with zero attached hydrogens (tertiary/aromatic N) is 2. The van der Waals surface area contributed by atoms with Gasteiger partial charge in [0, 0.05) is 45.3 Å². The first-order chi connectivity index (χ1) is 13.2. The van der Waals surface area contributed by atoms with Crippen molar-refractivity contribution in [3.63, 3.8) is 0 Å². The Labute approximate surface area is 161 Å². The molecular formula is C22H29N3O2. The molecule has 1 aliphatic heterocycles. The lowest BCUT2D eigenvalue weighted by atomic mass is 10.2. The molecule has 1 N–H and O–H groups in total. The first kappa shape index (κ1) is 19.4. The molecule has 0 unspecified atom stereocenters. The highest BCUT2D eigenvalue weighted by Gasteiger charge is 2.19. The zero-order valence-corrected chi connectivity index (χ0v) is 16.0. The minimum absolute atomic E-state index is 0.0638. The maximum atomic E-state index is 12.0. The summed E-state index contributed by atoms with van der Waals surface area (Å²) in [6.45, 7) is 8.35. The molecule has 5 heteroatoms. The predicted octanol–water partition coefficient (Wildman–Crippen LogP) is 3.12. The summed E-state index contributed by atoms with van der Waals surface area (Å²) < 4.78 is 5.29. The number of hydrogen-bond donors (Lipinski definition) is 1. The van der Waals surface area contributed by atoms with Gasteiger partial charge in [-0.1, -0.05) is 60.7 Å². The van der Waals surface area contributed by atoms with Crippen molar-refractivity contribution in [2.75, 3.05) is 32.7 Å². The molecule has 1 aliphatic rings. The highest BCUT2D eigenvalue weighted by Crippen LogP contribution is 2.09. The van der Waals surface area contributed by atoms with Crippen LogP contribution in [0, 0.1) is 0 Å². The van der Waals surface area contributed by atoms with Crippen molar-refractivity contribution in [1.29, 1.82) is 0 Å². The highest BCUT2D eigenvalue weighted by atomic mass is 16.5. The van der Waals surface area contributed by atoms with Crippen molar-refractivity contribution in [1.82, 2.24) is 15.1 Å². The molecule has 2 aromatic rings. The van der Waals surface area contributed by atoms with E-state index in [2.05, 4.69) is 45.4 Å². The third-order valence-electron chi connectivity index (χ3n) is 4.82. The van der Waals surface area contributed by atoms with E-state index in [0.29, 0.717) is 6.61 Å². The lowest BCUT2D eigenvalue weighted by molar-refractivity contribution is 0.111. The fourth-order valence-electron chi connectivity index (χ4n) is 3.37. The third kappa shape index (κ3) is 6.70. The van der Waals surface area contributed by atoms with Crippen LogP contribution in [0.2, 0.25) is 0 Å². The van der Waals surface area contributed by atoms with E-state index in [0.717, 1.165) is 44.8 Å². The summed E-state index contributed by atoms with van der Waals surface area (Å²) in [6.07, 6.45) is -0.353. The van der Waals surface area contributed by atoms with Gasteiger partial charge >= 0.3 is 6.09 Å². The molecule has 0 saturated carbocycles. The van der Waals surface area contributed by atoms with Gasteiger partial charge in [-0.2, -0.15) is 0 Å². The molecule has 0 aromatic heterocycles. The molecule has 1 amide bonds. The van der Waals surface area contributed by atoms with Gasteiger partial charge in [-0.25, -0.2) is 4.79 Å². The molecule has 3 rings (SSSR count). The Morgan fingerprint density at radius 3 is 2.11 bits per heavy atom. The van der Waals surface area contributed by atoms with Crippen molar-refractivity contribution in [3.05, 3.63) is 71.8 Å². The third-order valence-corrected chi connectivity index (χ3v) is 4.82. The van der Waals surface area contributed by atoms with Crippen molar-refractivity contribution in [3.8, 4) is 0 Å². The molecule has 1 fully saturated rings. The zero-order chi connectivity index (χ0) is 18.9. The molecule has 1 atom stereocenters. The number of alkyl carbamates (subject to hydrolysis) is 1. The summed E-state index contributed by atoms with van der Waals surface area (Å²) in [5.41, 5.74) is 2.36. The van der Waals surface area contributed by atoms with Crippen LogP contribution in [0.25, 0.3) is 0 Å². The number of amides is 1. The van der Waals surface area contributed by atoms with Crippen LogP contribution in [0.3, 0.4) is 0 Å². The molecule has 0 radical (unpaired) electrons. The number of hydrogen-bond acceptors (Lipinski definition) is 4. The van der Waals surface area contributed by atoms with Gasteiger partial charge in [0.25, 0.3) is 0 Å². The van der Waals surface area contributed by atoms with Crippen LogP contribution < -0.4 is 5.32 Å². The molecule has 1 saturated heterocycles. The van der Waals surface area contributed by atoms with E-state index in [-0.39, 0.29) is 12.1 Å².